The summed E-state index contributed by atoms with van der Waals surface area (Å²) in [5.41, 5.74) is 5.91. The predicted octanol–water partition coefficient (Wildman–Crippen LogP) is 24.0. The Morgan fingerprint density at radius 2 is 0.608 bits per heavy atom. The van der Waals surface area contributed by atoms with Gasteiger partial charge < -0.3 is 84.6 Å². The SMILES string of the molecule is CC(=O)C=C(C)O.CC(=O)C=C(C)O.CC(=O)C=C(C)O.CC(=O)C=C(C)O.CC(=O)C=C(C)O.CC(=O)C=C(C)O.CC(=O)C=C(C)O.CC(=O)C=C(C)O.[2H]C([2H])([2H])c1cnc(-c2[c-]cc3oc4ccccc4c3[c-]2)nc1.[Ir].[Ir].[Ir].[Ir].[Ir].[Ir].[Ir].[Ir].[c-]1cc2c([c-]c1-c1ncccn1)ccc1ccccc12.[c-]1cc2ccc3ccccc3c2[c-]c1-c1ncccn1.[c-]1ccc[c-]c1-c1ncc2c(n1)oc1ccccc12. The number of allylic oxidation sites excluding steroid dienone is 16. The van der Waals surface area contributed by atoms with Crippen LogP contribution in [-0.4, -0.2) is 127 Å². The number of para-hydroxylation sites is 2. The van der Waals surface area contributed by atoms with Gasteiger partial charge in [-0.15, -0.1) is 11.5 Å². The zero-order valence-corrected chi connectivity index (χ0v) is 98.9. The molecule has 0 unspecified atom stereocenters. The van der Waals surface area contributed by atoms with Gasteiger partial charge in [-0.1, -0.05) is 109 Å². The number of rotatable bonds is 12. The van der Waals surface area contributed by atoms with Gasteiger partial charge in [0.05, 0.1) is 51.5 Å². The second kappa shape index (κ2) is 73.2. The van der Waals surface area contributed by atoms with E-state index in [0.717, 1.165) is 70.9 Å². The molecule has 6 aromatic heterocycles. The number of aryl methyl sites for hydroxylation is 1. The molecule has 0 saturated carbocycles. The van der Waals surface area contributed by atoms with Crippen molar-refractivity contribution >= 4 is 133 Å². The topological polar surface area (TPSA) is 428 Å². The van der Waals surface area contributed by atoms with Crippen molar-refractivity contribution in [1.29, 1.82) is 0 Å². The van der Waals surface area contributed by atoms with Crippen molar-refractivity contribution in [3.63, 3.8) is 0 Å². The normalized spacial score (nSPS) is 11.0. The number of hydrogen-bond acceptors (Lipinski definition) is 26. The Kier molecular flexibility index (Phi) is 67.0. The predicted molar refractivity (Wildman–Crippen MR) is 526 cm³/mol. The smallest absolute Gasteiger partial charge is 0.212 e. The summed E-state index contributed by atoms with van der Waals surface area (Å²) < 4.78 is 33.5. The Bertz CT molecular complexity index is 6820. The third kappa shape index (κ3) is 53.3. The summed E-state index contributed by atoms with van der Waals surface area (Å²) in [4.78, 5) is 114. The van der Waals surface area contributed by atoms with Gasteiger partial charge in [-0.05, 0) is 198 Å². The Balaban J connectivity index is -0.000000777. The van der Waals surface area contributed by atoms with Crippen molar-refractivity contribution in [2.75, 3.05) is 0 Å². The number of carbonyl (C=O) groups is 8. The van der Waals surface area contributed by atoms with E-state index < -0.39 is 6.85 Å². The van der Waals surface area contributed by atoms with Crippen molar-refractivity contribution < 1.29 is 253 Å². The number of aliphatic hydroxyl groups is 8. The van der Waals surface area contributed by atoms with Gasteiger partial charge in [0.25, 0.3) is 0 Å². The molecular weight excluding hydrogens is 3250 g/mol. The van der Waals surface area contributed by atoms with E-state index in [1.54, 1.807) is 49.2 Å². The summed E-state index contributed by atoms with van der Waals surface area (Å²) >= 11 is 0. The number of aromatic nitrogens is 8. The monoisotopic (exact) mass is 3360 g/mol. The number of carbonyl (C=O) groups excluding carboxylic acids is 8. The second-order valence-corrected chi connectivity index (χ2v) is 29.0. The maximum Gasteiger partial charge on any atom is 0.212 e. The van der Waals surface area contributed by atoms with Crippen LogP contribution in [0.25, 0.3) is 133 Å². The summed E-state index contributed by atoms with van der Waals surface area (Å²) in [6, 6.07) is 81.0. The quantitative estimate of drug-likeness (QED) is 0.0244. The average Bonchev–Trinajstić information content (AvgIpc) is 1.75. The van der Waals surface area contributed by atoms with Crippen molar-refractivity contribution in [2.24, 2.45) is 0 Å². The van der Waals surface area contributed by atoms with Crippen molar-refractivity contribution in [3.05, 3.63) is 362 Å². The molecular formula is C109H102Ir8N8O18-8. The van der Waals surface area contributed by atoms with Gasteiger partial charge >= 0.3 is 0 Å². The Morgan fingerprint density at radius 3 is 1.01 bits per heavy atom. The van der Waals surface area contributed by atoms with Gasteiger partial charge in [-0.25, -0.2) is 52.6 Å². The largest absolute Gasteiger partial charge is 0.546 e. The number of nitrogens with zero attached hydrogens (tertiary/aromatic N) is 8. The molecule has 0 aliphatic carbocycles. The minimum absolute atomic E-state index is 0. The fourth-order valence-corrected chi connectivity index (χ4v) is 11.5. The van der Waals surface area contributed by atoms with E-state index in [1.807, 2.05) is 97.1 Å². The van der Waals surface area contributed by atoms with Crippen LogP contribution in [0.4, 0.5) is 0 Å². The molecule has 0 amide bonds. The third-order valence-electron chi connectivity index (χ3n) is 16.2. The molecule has 0 aliphatic heterocycles. The molecule has 0 saturated heterocycles. The van der Waals surface area contributed by atoms with Crippen LogP contribution in [0.1, 0.15) is 120 Å². The Labute approximate surface area is 942 Å². The van der Waals surface area contributed by atoms with Gasteiger partial charge in [0.1, 0.15) is 11.2 Å². The fourth-order valence-electron chi connectivity index (χ4n) is 11.5. The minimum Gasteiger partial charge on any atom is -0.546 e. The van der Waals surface area contributed by atoms with Gasteiger partial charge in [-0.3, -0.25) is 91.9 Å². The first-order chi connectivity index (χ1) is 65.3. The summed E-state index contributed by atoms with van der Waals surface area (Å²) in [6.45, 7) is 20.6. The number of furan rings is 2. The van der Waals surface area contributed by atoms with E-state index >= 15 is 0 Å². The van der Waals surface area contributed by atoms with Gasteiger partial charge in [0, 0.05) is 262 Å². The van der Waals surface area contributed by atoms with Crippen LogP contribution >= 0.6 is 0 Å². The Hall–Kier alpha value is -12.0. The molecule has 0 atom stereocenters. The molecule has 8 radical (unpaired) electrons. The molecule has 26 nitrogen and oxygen atoms in total. The van der Waals surface area contributed by atoms with Crippen molar-refractivity contribution in [3.8, 4) is 45.6 Å². The van der Waals surface area contributed by atoms with Gasteiger partial charge in [0.2, 0.25) is 5.71 Å². The third-order valence-corrected chi connectivity index (χ3v) is 16.2. The van der Waals surface area contributed by atoms with Gasteiger partial charge in [-0.2, -0.15) is 27.6 Å². The summed E-state index contributed by atoms with van der Waals surface area (Å²) in [6.07, 6.45) is 20.7. The van der Waals surface area contributed by atoms with Crippen molar-refractivity contribution in [1.82, 2.24) is 39.9 Å². The number of fused-ring (bicyclic) bond motifs is 12. The zero-order valence-electron chi connectivity index (χ0n) is 82.7. The molecule has 6 heterocycles. The van der Waals surface area contributed by atoms with Crippen LogP contribution in [0.3, 0.4) is 0 Å². The first kappa shape index (κ1) is 131. The molecule has 16 rings (SSSR count). The first-order valence-electron chi connectivity index (χ1n) is 42.5. The maximum absolute atomic E-state index is 10.0. The molecule has 8 N–H and O–H groups in total. The summed E-state index contributed by atoms with van der Waals surface area (Å²) in [7, 11) is 0. The minimum atomic E-state index is -2.21. The molecule has 34 heteroatoms. The summed E-state index contributed by atoms with van der Waals surface area (Å²) in [5, 5.41) is 79.9. The van der Waals surface area contributed by atoms with Crippen LogP contribution in [0, 0.1) is 55.4 Å². The van der Waals surface area contributed by atoms with E-state index in [4.69, 9.17) is 53.8 Å². The fraction of sp³-hybridized carbons (Fsp3) is 0.156. The Morgan fingerprint density at radius 1 is 0.280 bits per heavy atom. The summed E-state index contributed by atoms with van der Waals surface area (Å²) in [5.74, 6) is 1.77. The van der Waals surface area contributed by atoms with Crippen LogP contribution in [0.2, 0.25) is 0 Å². The van der Waals surface area contributed by atoms with E-state index in [-0.39, 0.29) is 259 Å². The molecule has 0 bridgehead atoms. The first-order valence-corrected chi connectivity index (χ1v) is 41.0. The molecule has 0 spiro atoms. The van der Waals surface area contributed by atoms with E-state index in [2.05, 4.69) is 143 Å². The molecule has 16 aromatic rings. The van der Waals surface area contributed by atoms with E-state index in [9.17, 15) is 38.4 Å². The van der Waals surface area contributed by atoms with Crippen molar-refractivity contribution in [2.45, 2.75) is 118 Å². The zero-order chi connectivity index (χ0) is 102. The standard InChI is InChI=1S/2C18H10N2.C17H10N2O.C16H8N2O.8C5H8O2.8Ir/c1-2-5-16-13(4-1)6-7-14-12-15(8-9-17(14)16)18-19-10-3-11-20-18;1-2-5-16-13(4-1)6-7-14-8-9-15(12-17(14)16)18-19-10-3-11-20-18;1-11-9-18-17(19-10-11)12-6-7-16-14(8-12)13-4-2-3-5-15(13)20-16;1-2-6-11(7-3-1)15-17-10-13-12-8-4-5-9-14(12)19-16(13)18-15;8*1-4(6)3-5(2)7;;;;;;;;/h1-7,9-11H;1-8,10-11H;2-5,7,9-10H,1H3;1-5,8-10H;8*3,6H,1-2H3;;;;;;;;/q4*-2;;;;;;;;;;;;;;;;/i;;1D3;;;;;;;;;;;;;;;;;. The van der Waals surface area contributed by atoms with Crippen LogP contribution in [0.5, 0.6) is 0 Å². The van der Waals surface area contributed by atoms with E-state index in [1.165, 1.54) is 193 Å². The molecule has 0 aliphatic rings. The number of hydrogen-bond donors (Lipinski definition) is 8. The molecule has 0 fully saturated rings. The second-order valence-electron chi connectivity index (χ2n) is 29.0. The number of aliphatic hydroxyl groups excluding tert-OH is 8. The molecule has 766 valence electrons. The molecule has 143 heavy (non-hydrogen) atoms. The van der Waals surface area contributed by atoms with E-state index in [0.29, 0.717) is 40.2 Å². The molecule has 10 aromatic carbocycles. The van der Waals surface area contributed by atoms with Crippen LogP contribution in [-0.2, 0) is 199 Å². The van der Waals surface area contributed by atoms with Crippen LogP contribution in [0.15, 0.2) is 317 Å². The van der Waals surface area contributed by atoms with Gasteiger partial charge in [0.15, 0.2) is 46.3 Å². The number of ketones is 8. The average molecular weight is 3350 g/mol. The van der Waals surface area contributed by atoms with Crippen LogP contribution < -0.4 is 0 Å². The number of benzene rings is 10. The maximum atomic E-state index is 10.0.